The fraction of sp³-hybridized carbons (Fsp3) is 0.452. The molecule has 0 spiro atoms. The molecule has 0 saturated carbocycles. The molecule has 3 saturated heterocycles. The Hall–Kier alpha value is -4.12. The zero-order valence-corrected chi connectivity index (χ0v) is 31.8. The van der Waals surface area contributed by atoms with Crippen LogP contribution in [0.4, 0.5) is 35.1 Å². The summed E-state index contributed by atoms with van der Waals surface area (Å²) >= 11 is 0.771. The number of nitrogens with zero attached hydrogens (tertiary/aromatic N) is 3. The molecule has 1 aromatic heterocycles. The fourth-order valence-electron chi connectivity index (χ4n) is 5.90. The maximum absolute atomic E-state index is 15.1. The van der Waals surface area contributed by atoms with Gasteiger partial charge in [0.25, 0.3) is 10.0 Å². The second-order valence-electron chi connectivity index (χ2n) is 12.7. The Kier molecular flexibility index (Phi) is 15.8. The predicted octanol–water partition coefficient (Wildman–Crippen LogP) is 0.331. The number of hydrogen-bond acceptors (Lipinski definition) is 12. The van der Waals surface area contributed by atoms with Crippen molar-refractivity contribution < 1.29 is 96.8 Å². The number of fused-ring (bicyclic) bond motifs is 4. The van der Waals surface area contributed by atoms with E-state index in [1.54, 1.807) is 12.1 Å². The van der Waals surface area contributed by atoms with E-state index < -0.39 is 60.4 Å². The summed E-state index contributed by atoms with van der Waals surface area (Å²) in [7, 11) is -8.00. The largest absolute Gasteiger partial charge is 0.566 e. The number of piperazine rings is 3. The molecule has 3 aromatic rings. The van der Waals surface area contributed by atoms with Crippen molar-refractivity contribution in [3.8, 4) is 11.8 Å². The summed E-state index contributed by atoms with van der Waals surface area (Å²) in [4.78, 5) is 28.9. The minimum atomic E-state index is -5.19. The predicted molar refractivity (Wildman–Crippen MR) is 174 cm³/mol. The van der Waals surface area contributed by atoms with Crippen LogP contribution >= 0.6 is 19.6 Å². The Bertz CT molecular complexity index is 2050. The highest BCUT2D eigenvalue weighted by Crippen LogP contribution is 2.36. The number of rotatable bonds is 13. The van der Waals surface area contributed by atoms with Gasteiger partial charge in [-0.05, 0) is 28.8 Å². The number of benzene rings is 2. The molecule has 0 amide bonds. The normalized spacial score (nSPS) is 20.0. The third-order valence-corrected chi connectivity index (χ3v) is 12.3. The standard InChI is InChI=1S/C27H32F2N5O6PS2.2C2HF3O2/c28-23-14-19(2-3-20(23)18-31)27(40-41(35)36)32-43(37,38)26-17-22-24(29)15-21(16-25(22)42-26)39-13-12-34-9-6-33(7-10-34,8-11-34)5-1-4-30;2*3-2(4,5)1(6)7/h2-3,14-17,27,32H,1,4-13,30H2;2*(H,6,7)/q+2;;/p-1. The molecular formula is C31H33F8N5O10PS2+. The highest BCUT2D eigenvalue weighted by atomic mass is 32.2. The van der Waals surface area contributed by atoms with Crippen molar-refractivity contribution in [2.75, 3.05) is 65.5 Å². The SMILES string of the molecule is N#Cc1ccc(C(NS(=O)(=O)c2cc3c(F)cc(OCC[N+]45CC[N+](CCC[NH3+])(CC4)CC5)cc3s2)O[P+](=O)[O-])cc1F.O=C([O-])C(F)(F)F.O=C([O-])C(F)(F)F. The van der Waals surface area contributed by atoms with Gasteiger partial charge in [-0.15, -0.1) is 15.9 Å². The number of nitrogens with one attached hydrogen (secondary N) is 1. The highest BCUT2D eigenvalue weighted by Gasteiger charge is 2.48. The third kappa shape index (κ3) is 13.2. The molecule has 4 N–H and O–H groups in total. The molecule has 2 bridgehead atoms. The second-order valence-corrected chi connectivity index (χ2v) is 16.3. The number of sulfonamides is 1. The van der Waals surface area contributed by atoms with Crippen molar-refractivity contribution in [1.82, 2.24) is 4.72 Å². The molecule has 15 nitrogen and oxygen atoms in total. The number of carboxylic acid groups (broad SMARTS) is 2. The first kappa shape index (κ1) is 47.3. The zero-order chi connectivity index (χ0) is 43.0. The number of hydrogen-bond donors (Lipinski definition) is 2. The Balaban J connectivity index is 0.000000531. The molecule has 0 aliphatic carbocycles. The summed E-state index contributed by atoms with van der Waals surface area (Å²) in [5.41, 5.74) is 3.48. The lowest BCUT2D eigenvalue weighted by atomic mass is 10.1. The molecular weight excluding hydrogens is 849 g/mol. The first-order valence-corrected chi connectivity index (χ1v) is 19.7. The Morgan fingerprint density at radius 1 is 0.930 bits per heavy atom. The van der Waals surface area contributed by atoms with Crippen molar-refractivity contribution in [2.45, 2.75) is 29.2 Å². The molecule has 26 heteroatoms. The average molecular weight is 883 g/mol. The summed E-state index contributed by atoms with van der Waals surface area (Å²) in [5, 5.41) is 26.6. The molecule has 314 valence electrons. The lowest BCUT2D eigenvalue weighted by Gasteiger charge is -2.55. The lowest BCUT2D eigenvalue weighted by Crippen LogP contribution is -2.75. The number of quaternary nitrogens is 3. The van der Waals surface area contributed by atoms with Crippen molar-refractivity contribution in [2.24, 2.45) is 0 Å². The van der Waals surface area contributed by atoms with Gasteiger partial charge in [0.1, 0.15) is 92.0 Å². The van der Waals surface area contributed by atoms with E-state index in [1.807, 2.05) is 0 Å². The number of nitriles is 1. The van der Waals surface area contributed by atoms with Crippen LogP contribution in [0, 0.1) is 23.0 Å². The quantitative estimate of drug-likeness (QED) is 0.103. The summed E-state index contributed by atoms with van der Waals surface area (Å²) < 4.78 is 145. The van der Waals surface area contributed by atoms with Crippen LogP contribution in [0.15, 0.2) is 40.6 Å². The maximum Gasteiger partial charge on any atom is 0.490 e. The first-order valence-electron chi connectivity index (χ1n) is 16.3. The monoisotopic (exact) mass is 882 g/mol. The van der Waals surface area contributed by atoms with Crippen LogP contribution in [-0.4, -0.2) is 107 Å². The molecule has 3 fully saturated rings. The average Bonchev–Trinajstić information content (AvgIpc) is 3.57. The van der Waals surface area contributed by atoms with Crippen LogP contribution in [-0.2, 0) is 28.7 Å². The number of thiophene rings is 1. The van der Waals surface area contributed by atoms with Crippen LogP contribution in [0.1, 0.15) is 23.8 Å². The minimum Gasteiger partial charge on any atom is -0.566 e. The molecule has 0 radical (unpaired) electrons. The van der Waals surface area contributed by atoms with Crippen LogP contribution in [0.25, 0.3) is 10.1 Å². The lowest BCUT2D eigenvalue weighted by molar-refractivity contribution is -1.08. The first-order chi connectivity index (χ1) is 26.4. The highest BCUT2D eigenvalue weighted by molar-refractivity contribution is 7.91. The van der Waals surface area contributed by atoms with E-state index in [-0.39, 0.29) is 26.5 Å². The smallest absolute Gasteiger partial charge is 0.490 e. The molecule has 3 aliphatic heterocycles. The van der Waals surface area contributed by atoms with Gasteiger partial charge in [0.15, 0.2) is 0 Å². The number of ether oxygens (including phenoxy) is 1. The molecule has 57 heavy (non-hydrogen) atoms. The van der Waals surface area contributed by atoms with Gasteiger partial charge in [0.05, 0.1) is 18.7 Å². The van der Waals surface area contributed by atoms with Crippen molar-refractivity contribution in [3.63, 3.8) is 0 Å². The summed E-state index contributed by atoms with van der Waals surface area (Å²) in [6, 6.07) is 8.60. The van der Waals surface area contributed by atoms with Gasteiger partial charge in [0, 0.05) is 28.1 Å². The van der Waals surface area contributed by atoms with Crippen LogP contribution in [0.3, 0.4) is 0 Å². The van der Waals surface area contributed by atoms with Crippen molar-refractivity contribution in [1.29, 1.82) is 5.26 Å². The van der Waals surface area contributed by atoms with E-state index >= 15 is 4.39 Å². The maximum atomic E-state index is 15.1. The number of carbonyl (C=O) groups excluding carboxylic acids is 2. The van der Waals surface area contributed by atoms with Gasteiger partial charge in [0.2, 0.25) is 6.23 Å². The zero-order valence-electron chi connectivity index (χ0n) is 29.2. The van der Waals surface area contributed by atoms with E-state index in [9.17, 15) is 48.6 Å². The molecule has 4 heterocycles. The number of aliphatic carboxylic acids is 2. The Morgan fingerprint density at radius 2 is 1.46 bits per heavy atom. The summed E-state index contributed by atoms with van der Waals surface area (Å²) in [5.74, 6) is -7.37. The molecule has 2 unspecified atom stereocenters. The van der Waals surface area contributed by atoms with Gasteiger partial charge >= 0.3 is 20.6 Å². The fourth-order valence-corrected chi connectivity index (χ4v) is 8.86. The van der Waals surface area contributed by atoms with Crippen molar-refractivity contribution in [3.05, 3.63) is 59.2 Å². The van der Waals surface area contributed by atoms with Crippen LogP contribution in [0.2, 0.25) is 0 Å². The molecule has 2 atom stereocenters. The molecule has 3 aliphatic rings. The molecule has 6 rings (SSSR count). The van der Waals surface area contributed by atoms with E-state index in [0.717, 1.165) is 92.8 Å². The van der Waals surface area contributed by atoms with E-state index in [4.69, 9.17) is 34.3 Å². The number of carboxylic acids is 2. The number of alkyl halides is 6. The number of halogens is 8. The van der Waals surface area contributed by atoms with Gasteiger partial charge < -0.3 is 44.1 Å². The minimum absolute atomic E-state index is 0.0554. The van der Waals surface area contributed by atoms with Gasteiger partial charge in [-0.3, -0.25) is 0 Å². The van der Waals surface area contributed by atoms with Gasteiger partial charge in [-0.1, -0.05) is 6.07 Å². The third-order valence-electron chi connectivity index (χ3n) is 9.00. The van der Waals surface area contributed by atoms with Gasteiger partial charge in [-0.25, -0.2) is 17.2 Å². The summed E-state index contributed by atoms with van der Waals surface area (Å²) in [6.07, 6.45) is -11.1. The van der Waals surface area contributed by atoms with Crippen LogP contribution < -0.4 is 30.3 Å². The van der Waals surface area contributed by atoms with Gasteiger partial charge in [-0.2, -0.15) is 36.3 Å². The number of carbonyl (C=O) groups is 2. The summed E-state index contributed by atoms with van der Waals surface area (Å²) in [6.45, 7) is 10.1. The van der Waals surface area contributed by atoms with E-state index in [1.165, 1.54) is 23.2 Å². The second kappa shape index (κ2) is 19.1. The topological polar surface area (TPSA) is 236 Å². The van der Waals surface area contributed by atoms with Crippen molar-refractivity contribution >= 4 is 51.6 Å². The van der Waals surface area contributed by atoms with E-state index in [2.05, 4.69) is 10.5 Å². The Labute approximate surface area is 323 Å². The van der Waals surface area contributed by atoms with Crippen LogP contribution in [0.5, 0.6) is 5.75 Å². The Morgan fingerprint density at radius 3 is 1.91 bits per heavy atom. The van der Waals surface area contributed by atoms with E-state index in [0.29, 0.717) is 11.3 Å². The molecule has 2 aromatic carbocycles.